The van der Waals surface area contributed by atoms with Crippen LogP contribution in [0.4, 0.5) is 0 Å². The fraction of sp³-hybridized carbons (Fsp3) is 0.0345. The Morgan fingerprint density at radius 1 is 0.452 bits per heavy atom. The van der Waals surface area contributed by atoms with Crippen molar-refractivity contribution in [1.29, 1.82) is 0 Å². The maximum atomic E-state index is 2.47. The second-order valence-corrected chi connectivity index (χ2v) is 8.65. The molecule has 0 fully saturated rings. The van der Waals surface area contributed by atoms with Crippen LogP contribution >= 0.6 is 0 Å². The van der Waals surface area contributed by atoms with Crippen LogP contribution in [0.15, 0.2) is 91.0 Å². The largest absolute Gasteiger partial charge is 0.344 e. The minimum absolute atomic E-state index is 1.28. The highest BCUT2D eigenvalue weighted by molar-refractivity contribution is 6.35. The van der Waals surface area contributed by atoms with Crippen molar-refractivity contribution in [1.82, 2.24) is 8.97 Å². The Labute approximate surface area is 177 Å². The first kappa shape index (κ1) is 15.8. The van der Waals surface area contributed by atoms with Crippen LogP contribution in [0.2, 0.25) is 0 Å². The zero-order chi connectivity index (χ0) is 20.3. The Morgan fingerprint density at radius 2 is 1.10 bits per heavy atom. The SMILES string of the molecule is Cn1c2ccccc2c2c3c(ccc21)ccc1c3c2cccc3c4ccccc4n1c32. The summed E-state index contributed by atoms with van der Waals surface area (Å²) in [6.07, 6.45) is 0. The van der Waals surface area contributed by atoms with Gasteiger partial charge in [-0.1, -0.05) is 66.7 Å². The summed E-state index contributed by atoms with van der Waals surface area (Å²) >= 11 is 0. The summed E-state index contributed by atoms with van der Waals surface area (Å²) in [7, 11) is 2.18. The lowest BCUT2D eigenvalue weighted by atomic mass is 9.98. The molecule has 0 amide bonds. The molecule has 3 heterocycles. The predicted octanol–water partition coefficient (Wildman–Crippen LogP) is 7.63. The number of aromatic nitrogens is 2. The Hall–Kier alpha value is -4.04. The monoisotopic (exact) mass is 394 g/mol. The molecular weight excluding hydrogens is 376 g/mol. The van der Waals surface area contributed by atoms with Crippen LogP contribution in [-0.2, 0) is 7.05 Å². The Kier molecular flexibility index (Phi) is 2.62. The molecule has 31 heavy (non-hydrogen) atoms. The molecule has 0 bridgehead atoms. The van der Waals surface area contributed by atoms with Gasteiger partial charge in [0.1, 0.15) is 0 Å². The molecule has 0 spiro atoms. The van der Waals surface area contributed by atoms with E-state index in [1.807, 2.05) is 0 Å². The number of para-hydroxylation sites is 3. The van der Waals surface area contributed by atoms with Gasteiger partial charge in [-0.25, -0.2) is 0 Å². The molecule has 0 radical (unpaired) electrons. The van der Waals surface area contributed by atoms with E-state index >= 15 is 0 Å². The number of nitrogens with zero attached hydrogens (tertiary/aromatic N) is 2. The van der Waals surface area contributed by atoms with Gasteiger partial charge in [0.15, 0.2) is 0 Å². The van der Waals surface area contributed by atoms with Gasteiger partial charge in [-0.15, -0.1) is 0 Å². The molecule has 8 aromatic rings. The van der Waals surface area contributed by atoms with Gasteiger partial charge in [-0.3, -0.25) is 0 Å². The number of benzene rings is 5. The highest BCUT2D eigenvalue weighted by Gasteiger charge is 2.20. The van der Waals surface area contributed by atoms with E-state index in [0.717, 1.165) is 0 Å². The molecule has 8 rings (SSSR count). The number of rotatable bonds is 0. The average Bonchev–Trinajstić information content (AvgIpc) is 3.44. The van der Waals surface area contributed by atoms with Gasteiger partial charge in [-0.05, 0) is 29.7 Å². The van der Waals surface area contributed by atoms with Gasteiger partial charge in [0, 0.05) is 55.8 Å². The van der Waals surface area contributed by atoms with Gasteiger partial charge in [-0.2, -0.15) is 0 Å². The topological polar surface area (TPSA) is 9.34 Å². The summed E-state index contributed by atoms with van der Waals surface area (Å²) < 4.78 is 4.80. The van der Waals surface area contributed by atoms with Crippen LogP contribution < -0.4 is 0 Å². The fourth-order valence-electron chi connectivity index (χ4n) is 5.99. The normalized spacial score (nSPS) is 12.7. The molecule has 0 saturated heterocycles. The average molecular weight is 394 g/mol. The number of fused-ring (bicyclic) bond motifs is 12. The second-order valence-electron chi connectivity index (χ2n) is 8.65. The minimum Gasteiger partial charge on any atom is -0.344 e. The fourth-order valence-corrected chi connectivity index (χ4v) is 5.99. The molecule has 2 nitrogen and oxygen atoms in total. The summed E-state index contributed by atoms with van der Waals surface area (Å²) in [5.41, 5.74) is 6.48. The van der Waals surface area contributed by atoms with Crippen LogP contribution in [0.3, 0.4) is 0 Å². The lowest BCUT2D eigenvalue weighted by Gasteiger charge is -2.06. The van der Waals surface area contributed by atoms with E-state index in [1.165, 1.54) is 70.7 Å². The Balaban J connectivity index is 1.78. The number of aryl methyl sites for hydroxylation is 1. The third kappa shape index (κ3) is 1.69. The third-order valence-electron chi connectivity index (χ3n) is 7.24. The van der Waals surface area contributed by atoms with Crippen molar-refractivity contribution in [3.05, 3.63) is 91.0 Å². The quantitative estimate of drug-likeness (QED) is 0.250. The molecule has 0 aliphatic heterocycles. The van der Waals surface area contributed by atoms with E-state index in [4.69, 9.17) is 0 Å². The highest BCUT2D eigenvalue weighted by atomic mass is 14.9. The molecule has 3 aromatic heterocycles. The Bertz CT molecular complexity index is 2000. The molecule has 0 saturated carbocycles. The van der Waals surface area contributed by atoms with Gasteiger partial charge in [0.25, 0.3) is 0 Å². The summed E-state index contributed by atoms with van der Waals surface area (Å²) in [5.74, 6) is 0. The van der Waals surface area contributed by atoms with Crippen molar-refractivity contribution in [2.45, 2.75) is 0 Å². The summed E-state index contributed by atoms with van der Waals surface area (Å²) in [5, 5.41) is 10.7. The predicted molar refractivity (Wildman–Crippen MR) is 133 cm³/mol. The first-order chi connectivity index (χ1) is 15.3. The lowest BCUT2D eigenvalue weighted by Crippen LogP contribution is -1.86. The first-order valence-electron chi connectivity index (χ1n) is 10.8. The maximum Gasteiger partial charge on any atom is 0.0620 e. The second kappa shape index (κ2) is 5.16. The molecule has 0 aliphatic rings. The van der Waals surface area contributed by atoms with Crippen LogP contribution in [0.5, 0.6) is 0 Å². The van der Waals surface area contributed by atoms with Gasteiger partial charge in [0.05, 0.1) is 16.6 Å². The van der Waals surface area contributed by atoms with Crippen molar-refractivity contribution >= 4 is 70.7 Å². The van der Waals surface area contributed by atoms with Crippen LogP contribution in [0.1, 0.15) is 0 Å². The van der Waals surface area contributed by atoms with Crippen LogP contribution in [0, 0.1) is 0 Å². The van der Waals surface area contributed by atoms with Crippen molar-refractivity contribution in [2.75, 3.05) is 0 Å². The molecule has 0 N–H and O–H groups in total. The van der Waals surface area contributed by atoms with E-state index in [0.29, 0.717) is 0 Å². The van der Waals surface area contributed by atoms with Crippen molar-refractivity contribution in [3.8, 4) is 0 Å². The molecule has 5 aromatic carbocycles. The maximum absolute atomic E-state index is 2.47. The zero-order valence-electron chi connectivity index (χ0n) is 17.1. The van der Waals surface area contributed by atoms with E-state index in [9.17, 15) is 0 Å². The van der Waals surface area contributed by atoms with E-state index < -0.39 is 0 Å². The molecule has 0 atom stereocenters. The van der Waals surface area contributed by atoms with Crippen molar-refractivity contribution in [2.24, 2.45) is 7.05 Å². The summed E-state index contributed by atoms with van der Waals surface area (Å²) in [4.78, 5) is 0. The summed E-state index contributed by atoms with van der Waals surface area (Å²) in [6.45, 7) is 0. The summed E-state index contributed by atoms with van der Waals surface area (Å²) in [6, 6.07) is 33.5. The zero-order valence-corrected chi connectivity index (χ0v) is 17.1. The van der Waals surface area contributed by atoms with E-state index in [-0.39, 0.29) is 0 Å². The van der Waals surface area contributed by atoms with Gasteiger partial charge >= 0.3 is 0 Å². The van der Waals surface area contributed by atoms with Gasteiger partial charge in [0.2, 0.25) is 0 Å². The standard InChI is InChI=1S/C29H18N2/c1-30-22-11-4-3-8-20(22)27-24(30)15-13-17-14-16-25-28(26(17)27)21-10-6-9-19-18-7-2-5-12-23(18)31(25)29(19)21/h2-16H,1H3. The number of hydrogen-bond donors (Lipinski definition) is 0. The van der Waals surface area contributed by atoms with E-state index in [2.05, 4.69) is 107 Å². The number of hydrogen-bond acceptors (Lipinski definition) is 0. The molecular formula is C29H18N2. The molecule has 144 valence electrons. The van der Waals surface area contributed by atoms with E-state index in [1.54, 1.807) is 0 Å². The first-order valence-corrected chi connectivity index (χ1v) is 10.8. The van der Waals surface area contributed by atoms with Crippen LogP contribution in [-0.4, -0.2) is 8.97 Å². The third-order valence-corrected chi connectivity index (χ3v) is 7.24. The Morgan fingerprint density at radius 3 is 1.97 bits per heavy atom. The minimum atomic E-state index is 1.28. The highest BCUT2D eigenvalue weighted by Crippen LogP contribution is 2.44. The molecule has 0 aliphatic carbocycles. The van der Waals surface area contributed by atoms with Crippen LogP contribution in [0.25, 0.3) is 70.7 Å². The van der Waals surface area contributed by atoms with Crippen molar-refractivity contribution < 1.29 is 0 Å². The smallest absolute Gasteiger partial charge is 0.0620 e. The van der Waals surface area contributed by atoms with Gasteiger partial charge < -0.3 is 8.97 Å². The lowest BCUT2D eigenvalue weighted by molar-refractivity contribution is 1.01. The molecule has 0 unspecified atom stereocenters. The van der Waals surface area contributed by atoms with Crippen molar-refractivity contribution in [3.63, 3.8) is 0 Å². The molecule has 2 heteroatoms.